The van der Waals surface area contributed by atoms with Crippen LogP contribution in [0.2, 0.25) is 0 Å². The molecule has 0 saturated carbocycles. The summed E-state index contributed by atoms with van der Waals surface area (Å²) in [5.41, 5.74) is 1.66. The summed E-state index contributed by atoms with van der Waals surface area (Å²) in [7, 11) is 0. The predicted molar refractivity (Wildman–Crippen MR) is 78.8 cm³/mol. The van der Waals surface area contributed by atoms with Gasteiger partial charge in [-0.05, 0) is 37.3 Å². The summed E-state index contributed by atoms with van der Waals surface area (Å²) < 4.78 is 0. The van der Waals surface area contributed by atoms with Gasteiger partial charge in [-0.1, -0.05) is 24.3 Å². The average molecular weight is 268 g/mol. The van der Waals surface area contributed by atoms with Gasteiger partial charge in [0.2, 0.25) is 0 Å². The Labute approximate surface area is 117 Å². The lowest BCUT2D eigenvalue weighted by Gasteiger charge is -2.07. The molecule has 0 saturated heterocycles. The predicted octanol–water partition coefficient (Wildman–Crippen LogP) is 2.69. The zero-order chi connectivity index (χ0) is 14.4. The van der Waals surface area contributed by atoms with E-state index >= 15 is 0 Å². The second kappa shape index (κ2) is 6.52. The van der Waals surface area contributed by atoms with Gasteiger partial charge in [0, 0.05) is 23.4 Å². The van der Waals surface area contributed by atoms with Gasteiger partial charge in [-0.2, -0.15) is 0 Å². The van der Waals surface area contributed by atoms with Crippen LogP contribution in [0, 0.1) is 0 Å². The normalized spacial score (nSPS) is 9.85. The topological polar surface area (TPSA) is 58.2 Å². The monoisotopic (exact) mass is 268 g/mol. The quantitative estimate of drug-likeness (QED) is 0.895. The molecule has 0 fully saturated rings. The number of benzene rings is 2. The number of hydrogen-bond donors (Lipinski definition) is 2. The molecule has 0 aliphatic rings. The molecule has 0 aliphatic heterocycles. The van der Waals surface area contributed by atoms with Crippen LogP contribution in [0.25, 0.3) is 0 Å². The van der Waals surface area contributed by atoms with Gasteiger partial charge in [0.15, 0.2) is 0 Å². The highest BCUT2D eigenvalue weighted by atomic mass is 16.2. The SMILES string of the molecule is CCNC(=O)c1cccc(C(=O)Nc2ccccc2)c1. The Morgan fingerprint density at radius 2 is 1.55 bits per heavy atom. The van der Waals surface area contributed by atoms with E-state index in [9.17, 15) is 9.59 Å². The molecule has 0 aliphatic carbocycles. The van der Waals surface area contributed by atoms with Gasteiger partial charge in [-0.3, -0.25) is 9.59 Å². The van der Waals surface area contributed by atoms with Gasteiger partial charge >= 0.3 is 0 Å². The highest BCUT2D eigenvalue weighted by Crippen LogP contribution is 2.10. The van der Waals surface area contributed by atoms with Crippen LogP contribution in [0.15, 0.2) is 54.6 Å². The highest BCUT2D eigenvalue weighted by molar-refractivity contribution is 6.06. The van der Waals surface area contributed by atoms with E-state index in [0.29, 0.717) is 17.7 Å². The fraction of sp³-hybridized carbons (Fsp3) is 0.125. The van der Waals surface area contributed by atoms with Crippen LogP contribution in [-0.4, -0.2) is 18.4 Å². The Hall–Kier alpha value is -2.62. The largest absolute Gasteiger partial charge is 0.352 e. The molecule has 102 valence electrons. The molecule has 2 N–H and O–H groups in total. The van der Waals surface area contributed by atoms with Gasteiger partial charge in [0.25, 0.3) is 11.8 Å². The lowest BCUT2D eigenvalue weighted by atomic mass is 10.1. The van der Waals surface area contributed by atoms with Crippen molar-refractivity contribution in [1.29, 1.82) is 0 Å². The van der Waals surface area contributed by atoms with Crippen molar-refractivity contribution < 1.29 is 9.59 Å². The molecule has 0 aromatic heterocycles. The van der Waals surface area contributed by atoms with Gasteiger partial charge in [0.05, 0.1) is 0 Å². The smallest absolute Gasteiger partial charge is 0.255 e. The number of rotatable bonds is 4. The molecule has 0 heterocycles. The molecule has 4 heteroatoms. The molecule has 20 heavy (non-hydrogen) atoms. The summed E-state index contributed by atoms with van der Waals surface area (Å²) in [6.07, 6.45) is 0. The molecule has 2 amide bonds. The number of hydrogen-bond acceptors (Lipinski definition) is 2. The van der Waals surface area contributed by atoms with Crippen molar-refractivity contribution >= 4 is 17.5 Å². The summed E-state index contributed by atoms with van der Waals surface area (Å²) in [4.78, 5) is 23.8. The number of nitrogens with one attached hydrogen (secondary N) is 2. The molecule has 0 unspecified atom stereocenters. The third-order valence-electron chi connectivity index (χ3n) is 2.76. The van der Waals surface area contributed by atoms with E-state index in [1.807, 2.05) is 37.3 Å². The molecule has 2 aromatic carbocycles. The van der Waals surface area contributed by atoms with Gasteiger partial charge in [0.1, 0.15) is 0 Å². The van der Waals surface area contributed by atoms with Crippen molar-refractivity contribution in [1.82, 2.24) is 5.32 Å². The molecule has 4 nitrogen and oxygen atoms in total. The van der Waals surface area contributed by atoms with Gasteiger partial charge in [-0.15, -0.1) is 0 Å². The van der Waals surface area contributed by atoms with E-state index in [1.54, 1.807) is 24.3 Å². The summed E-state index contributed by atoms with van der Waals surface area (Å²) in [6, 6.07) is 15.9. The molecular formula is C16H16N2O2. The molecule has 0 radical (unpaired) electrons. The number of anilines is 1. The maximum Gasteiger partial charge on any atom is 0.255 e. The van der Waals surface area contributed by atoms with Crippen LogP contribution in [0.3, 0.4) is 0 Å². The zero-order valence-electron chi connectivity index (χ0n) is 11.2. The number of para-hydroxylation sites is 1. The third kappa shape index (κ3) is 3.45. The first kappa shape index (κ1) is 13.8. The minimum Gasteiger partial charge on any atom is -0.352 e. The first-order chi connectivity index (χ1) is 9.70. The zero-order valence-corrected chi connectivity index (χ0v) is 11.2. The van der Waals surface area contributed by atoms with E-state index in [4.69, 9.17) is 0 Å². The third-order valence-corrected chi connectivity index (χ3v) is 2.76. The fourth-order valence-electron chi connectivity index (χ4n) is 1.79. The Balaban J connectivity index is 2.14. The molecule has 0 bridgehead atoms. The maximum absolute atomic E-state index is 12.1. The summed E-state index contributed by atoms with van der Waals surface area (Å²) in [5.74, 6) is -0.413. The second-order valence-corrected chi connectivity index (χ2v) is 4.26. The standard InChI is InChI=1S/C16H16N2O2/c1-2-17-15(19)12-7-6-8-13(11-12)16(20)18-14-9-4-3-5-10-14/h3-11H,2H2,1H3,(H,17,19)(H,18,20). The highest BCUT2D eigenvalue weighted by Gasteiger charge is 2.09. The van der Waals surface area contributed by atoms with Crippen molar-refractivity contribution in [2.24, 2.45) is 0 Å². The Kier molecular flexibility index (Phi) is 4.50. The van der Waals surface area contributed by atoms with Crippen LogP contribution in [0.1, 0.15) is 27.6 Å². The van der Waals surface area contributed by atoms with Crippen LogP contribution in [0.4, 0.5) is 5.69 Å². The molecule has 0 spiro atoms. The van der Waals surface area contributed by atoms with Gasteiger partial charge in [-0.25, -0.2) is 0 Å². The Bertz CT molecular complexity index is 609. The first-order valence-electron chi connectivity index (χ1n) is 6.45. The van der Waals surface area contributed by atoms with Crippen LogP contribution >= 0.6 is 0 Å². The van der Waals surface area contributed by atoms with Crippen molar-refractivity contribution in [2.75, 3.05) is 11.9 Å². The second-order valence-electron chi connectivity index (χ2n) is 4.26. The van der Waals surface area contributed by atoms with E-state index in [0.717, 1.165) is 5.69 Å². The van der Waals surface area contributed by atoms with E-state index < -0.39 is 0 Å². The van der Waals surface area contributed by atoms with Crippen molar-refractivity contribution in [2.45, 2.75) is 6.92 Å². The Morgan fingerprint density at radius 3 is 2.20 bits per heavy atom. The van der Waals surface area contributed by atoms with Crippen LogP contribution < -0.4 is 10.6 Å². The molecule has 2 aromatic rings. The number of carbonyl (C=O) groups is 2. The Morgan fingerprint density at radius 1 is 0.900 bits per heavy atom. The summed E-state index contributed by atoms with van der Waals surface area (Å²) >= 11 is 0. The molecule has 2 rings (SSSR count). The molecule has 0 atom stereocenters. The molecular weight excluding hydrogens is 252 g/mol. The van der Waals surface area contributed by atoms with Crippen LogP contribution in [-0.2, 0) is 0 Å². The van der Waals surface area contributed by atoms with Gasteiger partial charge < -0.3 is 10.6 Å². The minimum atomic E-state index is -0.234. The number of carbonyl (C=O) groups excluding carboxylic acids is 2. The minimum absolute atomic E-state index is 0.179. The van der Waals surface area contributed by atoms with Crippen LogP contribution in [0.5, 0.6) is 0 Å². The van der Waals surface area contributed by atoms with E-state index in [-0.39, 0.29) is 11.8 Å². The van der Waals surface area contributed by atoms with E-state index in [2.05, 4.69) is 10.6 Å². The average Bonchev–Trinajstić information content (AvgIpc) is 2.48. The lowest BCUT2D eigenvalue weighted by molar-refractivity contribution is 0.0956. The first-order valence-corrected chi connectivity index (χ1v) is 6.45. The van der Waals surface area contributed by atoms with Crippen molar-refractivity contribution in [3.8, 4) is 0 Å². The lowest BCUT2D eigenvalue weighted by Crippen LogP contribution is -2.23. The van der Waals surface area contributed by atoms with Crippen molar-refractivity contribution in [3.63, 3.8) is 0 Å². The summed E-state index contributed by atoms with van der Waals surface area (Å²) in [6.45, 7) is 2.41. The maximum atomic E-state index is 12.1. The van der Waals surface area contributed by atoms with Crippen molar-refractivity contribution in [3.05, 3.63) is 65.7 Å². The summed E-state index contributed by atoms with van der Waals surface area (Å²) in [5, 5.41) is 5.49. The van der Waals surface area contributed by atoms with E-state index in [1.165, 1.54) is 0 Å². The number of amides is 2. The fourth-order valence-corrected chi connectivity index (χ4v) is 1.79.